The molecule has 0 rings (SSSR count). The minimum Gasteiger partial charge on any atom is -0.480 e. The van der Waals surface area contributed by atoms with Crippen LogP contribution >= 0.6 is 0 Å². The average Bonchev–Trinajstić information content (AvgIpc) is 2.21. The Morgan fingerprint density at radius 3 is 2.38 bits per heavy atom. The molecule has 0 spiro atoms. The zero-order valence-electron chi connectivity index (χ0n) is 10.1. The van der Waals surface area contributed by atoms with E-state index < -0.39 is 12.0 Å². The molecule has 0 unspecified atom stereocenters. The number of nitrogens with one attached hydrogen (secondary N) is 2. The van der Waals surface area contributed by atoms with Crippen LogP contribution in [0, 0.1) is 5.41 Å². The van der Waals surface area contributed by atoms with Crippen molar-refractivity contribution >= 4 is 11.8 Å². The third-order valence-electron chi connectivity index (χ3n) is 2.49. The molecule has 16 heavy (non-hydrogen) atoms. The van der Waals surface area contributed by atoms with Crippen molar-refractivity contribution in [3.63, 3.8) is 0 Å². The molecule has 0 aromatic rings. The van der Waals surface area contributed by atoms with E-state index in [2.05, 4.69) is 5.32 Å². The van der Waals surface area contributed by atoms with Crippen LogP contribution in [-0.4, -0.2) is 29.5 Å². The Hall–Kier alpha value is -1.36. The fourth-order valence-electron chi connectivity index (χ4n) is 1.12. The van der Waals surface area contributed by atoms with Crippen molar-refractivity contribution in [3.8, 4) is 0 Å². The Morgan fingerprint density at radius 2 is 1.94 bits per heavy atom. The lowest BCUT2D eigenvalue weighted by Gasteiger charge is -2.11. The van der Waals surface area contributed by atoms with Crippen LogP contribution in [-0.2, 0) is 4.79 Å². The first-order chi connectivity index (χ1) is 7.34. The maximum absolute atomic E-state index is 10.5. The van der Waals surface area contributed by atoms with Crippen LogP contribution in [0.1, 0.15) is 33.6 Å². The number of carboxylic acid groups (broad SMARTS) is 1. The number of hydrogen-bond donors (Lipinski definition) is 4. The number of carbonyl (C=O) groups is 1. The quantitative estimate of drug-likeness (QED) is 0.310. The summed E-state index contributed by atoms with van der Waals surface area (Å²) >= 11 is 0. The second-order valence-corrected chi connectivity index (χ2v) is 4.02. The van der Waals surface area contributed by atoms with Crippen LogP contribution in [0.25, 0.3) is 0 Å². The van der Waals surface area contributed by atoms with Gasteiger partial charge in [0.15, 0.2) is 0 Å². The zero-order valence-corrected chi connectivity index (χ0v) is 10.1. The molecule has 1 atom stereocenters. The van der Waals surface area contributed by atoms with Gasteiger partial charge in [0, 0.05) is 6.54 Å². The van der Waals surface area contributed by atoms with Gasteiger partial charge in [-0.1, -0.05) is 11.1 Å². The second-order valence-electron chi connectivity index (χ2n) is 4.02. The van der Waals surface area contributed by atoms with Crippen molar-refractivity contribution < 1.29 is 9.90 Å². The van der Waals surface area contributed by atoms with Gasteiger partial charge in [0.25, 0.3) is 0 Å². The average molecular weight is 227 g/mol. The van der Waals surface area contributed by atoms with Gasteiger partial charge < -0.3 is 16.2 Å². The fourth-order valence-corrected chi connectivity index (χ4v) is 1.12. The number of amidine groups is 1. The molecule has 0 saturated heterocycles. The van der Waals surface area contributed by atoms with E-state index in [1.165, 1.54) is 0 Å². The molecule has 0 radical (unpaired) electrons. The number of aliphatic carboxylic acids is 1. The smallest absolute Gasteiger partial charge is 0.320 e. The number of allylic oxidation sites excluding steroid dienone is 1. The predicted molar refractivity (Wildman–Crippen MR) is 64.6 cm³/mol. The summed E-state index contributed by atoms with van der Waals surface area (Å²) in [4.78, 5) is 10.5. The van der Waals surface area contributed by atoms with Crippen molar-refractivity contribution in [3.05, 3.63) is 11.1 Å². The lowest BCUT2D eigenvalue weighted by Crippen LogP contribution is -2.30. The van der Waals surface area contributed by atoms with E-state index in [-0.39, 0.29) is 0 Å². The topological polar surface area (TPSA) is 99.2 Å². The third-order valence-corrected chi connectivity index (χ3v) is 2.49. The first-order valence-electron chi connectivity index (χ1n) is 5.27. The molecule has 0 aliphatic carbocycles. The van der Waals surface area contributed by atoms with E-state index in [1.54, 1.807) is 6.92 Å². The second kappa shape index (κ2) is 7.00. The molecule has 5 heteroatoms. The van der Waals surface area contributed by atoms with Crippen LogP contribution in [0.15, 0.2) is 11.1 Å². The summed E-state index contributed by atoms with van der Waals surface area (Å²) in [6.45, 7) is 6.24. The summed E-state index contributed by atoms with van der Waals surface area (Å²) in [6.07, 6.45) is 1.13. The van der Waals surface area contributed by atoms with Gasteiger partial charge in [0.1, 0.15) is 6.04 Å². The van der Waals surface area contributed by atoms with Gasteiger partial charge in [-0.2, -0.15) is 0 Å². The largest absolute Gasteiger partial charge is 0.480 e. The van der Waals surface area contributed by atoms with Crippen molar-refractivity contribution in [2.75, 3.05) is 6.54 Å². The normalized spacial score (nSPS) is 14.0. The lowest BCUT2D eigenvalue weighted by atomic mass is 10.0. The standard InChI is InChI=1S/C11H21N3O2/c1-7(4-5-10(13)11(15)16)8(2)6-14-9(3)12/h10H,4-6,13H2,1-3H3,(H2,12,14)(H,15,16)/b8-7-/t10-/m0/s1. The van der Waals surface area contributed by atoms with Crippen molar-refractivity contribution in [2.45, 2.75) is 39.7 Å². The highest BCUT2D eigenvalue weighted by molar-refractivity contribution is 5.76. The summed E-state index contributed by atoms with van der Waals surface area (Å²) in [7, 11) is 0. The third kappa shape index (κ3) is 6.19. The zero-order chi connectivity index (χ0) is 12.7. The van der Waals surface area contributed by atoms with Gasteiger partial charge in [-0.3, -0.25) is 10.2 Å². The molecular weight excluding hydrogens is 206 g/mol. The van der Waals surface area contributed by atoms with E-state index in [1.807, 2.05) is 13.8 Å². The number of carboxylic acids is 1. The van der Waals surface area contributed by atoms with Gasteiger partial charge in [-0.25, -0.2) is 0 Å². The van der Waals surface area contributed by atoms with Gasteiger partial charge in [-0.15, -0.1) is 0 Å². The highest BCUT2D eigenvalue weighted by Gasteiger charge is 2.11. The van der Waals surface area contributed by atoms with Gasteiger partial charge >= 0.3 is 5.97 Å². The Balaban J connectivity index is 4.10. The first-order valence-corrected chi connectivity index (χ1v) is 5.27. The molecule has 0 bridgehead atoms. The molecule has 0 amide bonds. The molecular formula is C11H21N3O2. The Labute approximate surface area is 96.2 Å². The van der Waals surface area contributed by atoms with Crippen molar-refractivity contribution in [2.24, 2.45) is 5.73 Å². The number of nitrogens with two attached hydrogens (primary N) is 1. The molecule has 0 aromatic heterocycles. The van der Waals surface area contributed by atoms with Crippen molar-refractivity contribution in [1.82, 2.24) is 5.32 Å². The van der Waals surface area contributed by atoms with Crippen LogP contribution < -0.4 is 11.1 Å². The SMILES string of the molecule is CC(=N)NC/C(C)=C(/C)CC[C@H](N)C(=O)O. The monoisotopic (exact) mass is 227 g/mol. The Bertz CT molecular complexity index is 298. The molecule has 0 aliphatic heterocycles. The molecule has 0 aliphatic rings. The Morgan fingerprint density at radius 1 is 1.38 bits per heavy atom. The molecule has 5 N–H and O–H groups in total. The predicted octanol–water partition coefficient (Wildman–Crippen LogP) is 1.10. The van der Waals surface area contributed by atoms with Gasteiger partial charge in [0.05, 0.1) is 5.84 Å². The van der Waals surface area contributed by atoms with Crippen LogP contribution in [0.4, 0.5) is 0 Å². The van der Waals surface area contributed by atoms with Crippen LogP contribution in [0.3, 0.4) is 0 Å². The number of rotatable bonds is 6. The van der Waals surface area contributed by atoms with E-state index >= 15 is 0 Å². The van der Waals surface area contributed by atoms with E-state index in [0.29, 0.717) is 25.2 Å². The molecule has 0 heterocycles. The van der Waals surface area contributed by atoms with Gasteiger partial charge in [0.2, 0.25) is 0 Å². The van der Waals surface area contributed by atoms with E-state index in [9.17, 15) is 4.79 Å². The maximum Gasteiger partial charge on any atom is 0.320 e. The molecule has 0 aromatic carbocycles. The minimum atomic E-state index is -0.959. The summed E-state index contributed by atoms with van der Waals surface area (Å²) in [6, 6.07) is -0.791. The van der Waals surface area contributed by atoms with Crippen LogP contribution in [0.5, 0.6) is 0 Å². The van der Waals surface area contributed by atoms with E-state index in [0.717, 1.165) is 11.1 Å². The maximum atomic E-state index is 10.5. The molecule has 5 nitrogen and oxygen atoms in total. The summed E-state index contributed by atoms with van der Waals surface area (Å²) in [5.74, 6) is -0.534. The summed E-state index contributed by atoms with van der Waals surface area (Å²) in [5, 5.41) is 18.8. The van der Waals surface area contributed by atoms with E-state index in [4.69, 9.17) is 16.2 Å². The summed E-state index contributed by atoms with van der Waals surface area (Å²) in [5.41, 5.74) is 7.67. The fraction of sp³-hybridized carbons (Fsp3) is 0.636. The summed E-state index contributed by atoms with van der Waals surface area (Å²) < 4.78 is 0. The highest BCUT2D eigenvalue weighted by Crippen LogP contribution is 2.11. The van der Waals surface area contributed by atoms with Gasteiger partial charge in [-0.05, 0) is 33.6 Å². The molecule has 0 fully saturated rings. The number of hydrogen-bond acceptors (Lipinski definition) is 3. The first kappa shape index (κ1) is 14.6. The molecule has 0 saturated carbocycles. The Kier molecular flexibility index (Phi) is 6.41. The highest BCUT2D eigenvalue weighted by atomic mass is 16.4. The minimum absolute atomic E-state index is 0.425. The molecule has 92 valence electrons. The van der Waals surface area contributed by atoms with Crippen LogP contribution in [0.2, 0.25) is 0 Å². The lowest BCUT2D eigenvalue weighted by molar-refractivity contribution is -0.138. The van der Waals surface area contributed by atoms with Crippen molar-refractivity contribution in [1.29, 1.82) is 5.41 Å².